The van der Waals surface area contributed by atoms with Gasteiger partial charge >= 0.3 is 0 Å². The van der Waals surface area contributed by atoms with Crippen LogP contribution in [0.3, 0.4) is 0 Å². The van der Waals surface area contributed by atoms with Crippen molar-refractivity contribution >= 4 is 12.0 Å². The van der Waals surface area contributed by atoms with Gasteiger partial charge in [0.25, 0.3) is 0 Å². The maximum absolute atomic E-state index is 12.1. The van der Waals surface area contributed by atoms with Crippen molar-refractivity contribution in [1.82, 2.24) is 15.3 Å². The van der Waals surface area contributed by atoms with Crippen molar-refractivity contribution in [3.8, 4) is 0 Å². The lowest BCUT2D eigenvalue weighted by Crippen LogP contribution is -2.57. The second-order valence-corrected chi connectivity index (χ2v) is 6.15. The minimum Gasteiger partial charge on any atom is -0.298 e. The number of fused-ring (bicyclic) bond motifs is 3. The summed E-state index contributed by atoms with van der Waals surface area (Å²) in [7, 11) is 0. The van der Waals surface area contributed by atoms with Gasteiger partial charge in [0.2, 0.25) is 0 Å². The van der Waals surface area contributed by atoms with Crippen LogP contribution in [0.2, 0.25) is 0 Å². The molecule has 2 unspecified atom stereocenters. The SMILES string of the molecule is CCNN1C=C2CC(=O)CN(C(C)C)C2C2=CCC=NC21. The first kappa shape index (κ1) is 14.5. The molecule has 0 spiro atoms. The van der Waals surface area contributed by atoms with E-state index in [9.17, 15) is 4.79 Å². The Kier molecular flexibility index (Phi) is 3.95. The second kappa shape index (κ2) is 5.73. The zero-order valence-electron chi connectivity index (χ0n) is 13.0. The first-order valence-corrected chi connectivity index (χ1v) is 7.83. The van der Waals surface area contributed by atoms with Crippen molar-refractivity contribution in [2.75, 3.05) is 13.1 Å². The average molecular weight is 288 g/mol. The predicted octanol–water partition coefficient (Wildman–Crippen LogP) is 1.49. The Labute approximate surface area is 126 Å². The summed E-state index contributed by atoms with van der Waals surface area (Å²) in [5.74, 6) is 0.306. The van der Waals surface area contributed by atoms with E-state index >= 15 is 0 Å². The van der Waals surface area contributed by atoms with Crippen molar-refractivity contribution in [2.45, 2.75) is 51.9 Å². The third-order valence-corrected chi connectivity index (χ3v) is 4.33. The number of allylic oxidation sites excluding steroid dienone is 1. The summed E-state index contributed by atoms with van der Waals surface area (Å²) in [6.45, 7) is 7.79. The van der Waals surface area contributed by atoms with Crippen LogP contribution < -0.4 is 5.43 Å². The Morgan fingerprint density at radius 3 is 3.00 bits per heavy atom. The Morgan fingerprint density at radius 2 is 2.29 bits per heavy atom. The van der Waals surface area contributed by atoms with E-state index in [1.807, 2.05) is 6.21 Å². The van der Waals surface area contributed by atoms with Crippen LogP contribution in [0.1, 0.15) is 33.6 Å². The molecule has 3 aliphatic heterocycles. The number of nitrogens with one attached hydrogen (secondary N) is 1. The van der Waals surface area contributed by atoms with E-state index in [1.54, 1.807) is 0 Å². The standard InChI is InChI=1S/C16H24N4O/c1-4-18-20-9-12-8-13(21)10-19(11(2)3)15(12)14-6-5-7-17-16(14)20/h6-7,9,11,15-16,18H,4-5,8,10H2,1-3H3. The number of hydrogen-bond acceptors (Lipinski definition) is 5. The first-order valence-electron chi connectivity index (χ1n) is 7.83. The van der Waals surface area contributed by atoms with Gasteiger partial charge in [0, 0.05) is 37.8 Å². The topological polar surface area (TPSA) is 47.9 Å². The lowest BCUT2D eigenvalue weighted by atomic mass is 9.84. The molecule has 0 radical (unpaired) electrons. The average Bonchev–Trinajstić information content (AvgIpc) is 2.46. The molecule has 2 atom stereocenters. The smallest absolute Gasteiger partial charge is 0.157 e. The number of carbonyl (C=O) groups excluding carboxylic acids is 1. The van der Waals surface area contributed by atoms with E-state index in [2.05, 4.69) is 53.4 Å². The van der Waals surface area contributed by atoms with Gasteiger partial charge in [-0.15, -0.1) is 0 Å². The maximum Gasteiger partial charge on any atom is 0.157 e. The Hall–Kier alpha value is -1.46. The molecule has 0 aromatic heterocycles. The molecule has 5 nitrogen and oxygen atoms in total. The number of Topliss-reactive ketones (excluding diaryl/α,β-unsaturated/α-hetero) is 1. The van der Waals surface area contributed by atoms with E-state index in [0.29, 0.717) is 24.8 Å². The molecular weight excluding hydrogens is 264 g/mol. The molecule has 0 amide bonds. The quantitative estimate of drug-likeness (QED) is 0.799. The van der Waals surface area contributed by atoms with Crippen LogP contribution in [0.25, 0.3) is 0 Å². The predicted molar refractivity (Wildman–Crippen MR) is 83.8 cm³/mol. The lowest BCUT2D eigenvalue weighted by Gasteiger charge is -2.48. The van der Waals surface area contributed by atoms with E-state index in [4.69, 9.17) is 0 Å². The first-order chi connectivity index (χ1) is 10.1. The normalized spacial score (nSPS) is 29.1. The molecule has 5 heteroatoms. The number of piperidine rings is 1. The molecule has 0 saturated carbocycles. The van der Waals surface area contributed by atoms with Crippen molar-refractivity contribution in [3.63, 3.8) is 0 Å². The summed E-state index contributed by atoms with van der Waals surface area (Å²) < 4.78 is 0. The number of hydrazine groups is 1. The molecule has 0 aliphatic carbocycles. The van der Waals surface area contributed by atoms with Gasteiger partial charge in [-0.1, -0.05) is 13.0 Å². The number of likely N-dealkylation sites (tertiary alicyclic amines) is 1. The van der Waals surface area contributed by atoms with Crippen molar-refractivity contribution in [1.29, 1.82) is 0 Å². The molecule has 0 bridgehead atoms. The molecule has 3 rings (SSSR count). The summed E-state index contributed by atoms with van der Waals surface area (Å²) in [6, 6.07) is 0.584. The van der Waals surface area contributed by atoms with Crippen molar-refractivity contribution in [2.24, 2.45) is 4.99 Å². The van der Waals surface area contributed by atoms with E-state index in [1.165, 1.54) is 11.1 Å². The molecule has 3 heterocycles. The fraction of sp³-hybridized carbons (Fsp3) is 0.625. The van der Waals surface area contributed by atoms with Crippen molar-refractivity contribution in [3.05, 3.63) is 23.4 Å². The summed E-state index contributed by atoms with van der Waals surface area (Å²) >= 11 is 0. The van der Waals surface area contributed by atoms with Gasteiger partial charge in [0.05, 0.1) is 12.6 Å². The van der Waals surface area contributed by atoms with Crippen LogP contribution in [-0.4, -0.2) is 53.2 Å². The summed E-state index contributed by atoms with van der Waals surface area (Å²) in [4.78, 5) is 19.1. The molecule has 1 N–H and O–H groups in total. The zero-order valence-corrected chi connectivity index (χ0v) is 13.0. The highest BCUT2D eigenvalue weighted by molar-refractivity contribution is 5.85. The van der Waals surface area contributed by atoms with Crippen LogP contribution in [0.15, 0.2) is 28.4 Å². The monoisotopic (exact) mass is 288 g/mol. The third kappa shape index (κ3) is 2.56. The Bertz CT molecular complexity index is 520. The van der Waals surface area contributed by atoms with Crippen LogP contribution in [0.4, 0.5) is 0 Å². The van der Waals surface area contributed by atoms with Crippen LogP contribution >= 0.6 is 0 Å². The molecule has 1 saturated heterocycles. The number of aliphatic imine (C=N–C) groups is 1. The molecule has 21 heavy (non-hydrogen) atoms. The van der Waals surface area contributed by atoms with Crippen LogP contribution in [0.5, 0.6) is 0 Å². The molecule has 1 fully saturated rings. The summed E-state index contributed by atoms with van der Waals surface area (Å²) in [5.41, 5.74) is 5.86. The number of nitrogens with zero attached hydrogens (tertiary/aromatic N) is 3. The molecule has 0 aromatic rings. The highest BCUT2D eigenvalue weighted by Crippen LogP contribution is 2.36. The largest absolute Gasteiger partial charge is 0.298 e. The van der Waals surface area contributed by atoms with Gasteiger partial charge in [0.15, 0.2) is 11.9 Å². The van der Waals surface area contributed by atoms with E-state index in [-0.39, 0.29) is 12.2 Å². The maximum atomic E-state index is 12.1. The fourth-order valence-electron chi connectivity index (χ4n) is 3.48. The van der Waals surface area contributed by atoms with Gasteiger partial charge < -0.3 is 0 Å². The highest BCUT2D eigenvalue weighted by Gasteiger charge is 2.42. The number of hydrogen-bond donors (Lipinski definition) is 1. The summed E-state index contributed by atoms with van der Waals surface area (Å²) in [6.07, 6.45) is 7.84. The summed E-state index contributed by atoms with van der Waals surface area (Å²) in [5, 5.41) is 2.06. The van der Waals surface area contributed by atoms with Crippen molar-refractivity contribution < 1.29 is 4.79 Å². The molecule has 3 aliphatic rings. The van der Waals surface area contributed by atoms with E-state index < -0.39 is 0 Å². The number of ketones is 1. The Morgan fingerprint density at radius 1 is 1.48 bits per heavy atom. The second-order valence-electron chi connectivity index (χ2n) is 6.15. The highest BCUT2D eigenvalue weighted by atomic mass is 16.1. The fourth-order valence-corrected chi connectivity index (χ4v) is 3.48. The number of dihydropyridines is 1. The zero-order chi connectivity index (χ0) is 15.0. The van der Waals surface area contributed by atoms with Gasteiger partial charge in [-0.25, -0.2) is 5.43 Å². The van der Waals surface area contributed by atoms with E-state index in [0.717, 1.165) is 13.0 Å². The molecule has 114 valence electrons. The van der Waals surface area contributed by atoms with Gasteiger partial charge in [-0.05, 0) is 25.0 Å². The molecular formula is C16H24N4O. The Balaban J connectivity index is 2.02. The van der Waals surface area contributed by atoms with Gasteiger partial charge in [-0.2, -0.15) is 0 Å². The van der Waals surface area contributed by atoms with Crippen LogP contribution in [0, 0.1) is 0 Å². The molecule has 0 aromatic carbocycles. The van der Waals surface area contributed by atoms with Gasteiger partial charge in [-0.3, -0.25) is 19.7 Å². The number of carbonyl (C=O) groups is 1. The minimum absolute atomic E-state index is 0.0295. The minimum atomic E-state index is 0.0295. The number of rotatable bonds is 3. The lowest BCUT2D eigenvalue weighted by molar-refractivity contribution is -0.122. The van der Waals surface area contributed by atoms with Gasteiger partial charge in [0.1, 0.15) is 0 Å². The van der Waals surface area contributed by atoms with Crippen LogP contribution in [-0.2, 0) is 4.79 Å². The third-order valence-electron chi connectivity index (χ3n) is 4.33.